The highest BCUT2D eigenvalue weighted by Crippen LogP contribution is 2.25. The van der Waals surface area contributed by atoms with Gasteiger partial charge in [-0.25, -0.2) is 0 Å². The summed E-state index contributed by atoms with van der Waals surface area (Å²) in [6.45, 7) is 3.30. The van der Waals surface area contributed by atoms with Crippen molar-refractivity contribution in [3.8, 4) is 0 Å². The first-order valence-corrected chi connectivity index (χ1v) is 8.03. The van der Waals surface area contributed by atoms with Crippen LogP contribution in [0.1, 0.15) is 13.8 Å². The topological polar surface area (TPSA) is 84.2 Å². The minimum atomic E-state index is -0.242. The number of nitrogens with one attached hydrogen (secondary N) is 2. The third kappa shape index (κ3) is 5.34. The summed E-state index contributed by atoms with van der Waals surface area (Å²) in [5.41, 5.74) is 7.73. The first-order chi connectivity index (χ1) is 10.9. The summed E-state index contributed by atoms with van der Waals surface area (Å²) < 4.78 is 0. The summed E-state index contributed by atoms with van der Waals surface area (Å²) in [6.07, 6.45) is 0. The van der Waals surface area contributed by atoms with E-state index in [1.165, 1.54) is 18.7 Å². The Morgan fingerprint density at radius 1 is 0.957 bits per heavy atom. The van der Waals surface area contributed by atoms with Crippen LogP contribution in [0.4, 0.5) is 17.1 Å². The van der Waals surface area contributed by atoms with Gasteiger partial charge in [0.05, 0.1) is 5.25 Å². The minimum absolute atomic E-state index is 0.0842. The highest BCUT2D eigenvalue weighted by atomic mass is 32.2. The van der Waals surface area contributed by atoms with Gasteiger partial charge >= 0.3 is 0 Å². The number of nitrogens with two attached hydrogens (primary N) is 1. The number of nitrogen functional groups attached to an aromatic ring is 1. The lowest BCUT2D eigenvalue weighted by Gasteiger charge is -2.12. The molecule has 0 spiro atoms. The molecule has 2 rings (SSSR count). The van der Waals surface area contributed by atoms with Crippen molar-refractivity contribution in [2.45, 2.75) is 24.0 Å². The van der Waals surface area contributed by atoms with E-state index in [2.05, 4.69) is 10.6 Å². The van der Waals surface area contributed by atoms with Crippen LogP contribution in [0.2, 0.25) is 0 Å². The summed E-state index contributed by atoms with van der Waals surface area (Å²) in [4.78, 5) is 24.2. The van der Waals surface area contributed by atoms with Gasteiger partial charge in [-0.05, 0) is 55.5 Å². The van der Waals surface area contributed by atoms with E-state index in [0.717, 1.165) is 4.90 Å². The maximum absolute atomic E-state index is 12.2. The van der Waals surface area contributed by atoms with Crippen molar-refractivity contribution in [2.24, 2.45) is 0 Å². The number of thioether (sulfide) groups is 1. The molecule has 0 aromatic heterocycles. The van der Waals surface area contributed by atoms with Crippen molar-refractivity contribution in [1.29, 1.82) is 0 Å². The molecule has 0 saturated heterocycles. The van der Waals surface area contributed by atoms with Gasteiger partial charge in [-0.3, -0.25) is 9.59 Å². The smallest absolute Gasteiger partial charge is 0.237 e. The Labute approximate surface area is 139 Å². The number of anilines is 3. The molecule has 6 heteroatoms. The Morgan fingerprint density at radius 2 is 1.48 bits per heavy atom. The van der Waals surface area contributed by atoms with E-state index in [1.54, 1.807) is 24.3 Å². The van der Waals surface area contributed by atoms with E-state index in [1.807, 2.05) is 31.2 Å². The van der Waals surface area contributed by atoms with E-state index in [4.69, 9.17) is 5.73 Å². The number of amides is 2. The minimum Gasteiger partial charge on any atom is -0.399 e. The molecule has 5 nitrogen and oxygen atoms in total. The molecule has 0 saturated carbocycles. The molecular formula is C17H19N3O2S. The molecule has 0 aliphatic rings. The molecule has 2 aromatic rings. The van der Waals surface area contributed by atoms with E-state index < -0.39 is 0 Å². The van der Waals surface area contributed by atoms with Crippen molar-refractivity contribution < 1.29 is 9.59 Å². The second-order valence-corrected chi connectivity index (χ2v) is 6.49. The van der Waals surface area contributed by atoms with E-state index in [-0.39, 0.29) is 17.1 Å². The van der Waals surface area contributed by atoms with Crippen LogP contribution in [0.15, 0.2) is 53.4 Å². The zero-order valence-corrected chi connectivity index (χ0v) is 13.8. The molecule has 1 unspecified atom stereocenters. The summed E-state index contributed by atoms with van der Waals surface area (Å²) in [5, 5.41) is 5.29. The fourth-order valence-corrected chi connectivity index (χ4v) is 2.76. The molecule has 2 aromatic carbocycles. The fourth-order valence-electron chi connectivity index (χ4n) is 1.89. The Morgan fingerprint density at radius 3 is 2.00 bits per heavy atom. The quantitative estimate of drug-likeness (QED) is 0.580. The SMILES string of the molecule is CC(=O)Nc1ccc(NC(=O)C(C)Sc2ccc(N)cc2)cc1. The molecule has 0 bridgehead atoms. The van der Waals surface area contributed by atoms with Gasteiger partial charge in [0, 0.05) is 28.9 Å². The number of carbonyl (C=O) groups excluding carboxylic acids is 2. The molecule has 120 valence electrons. The molecular weight excluding hydrogens is 310 g/mol. The van der Waals surface area contributed by atoms with E-state index >= 15 is 0 Å². The average Bonchev–Trinajstić information content (AvgIpc) is 2.51. The van der Waals surface area contributed by atoms with Gasteiger partial charge < -0.3 is 16.4 Å². The second kappa shape index (κ2) is 7.69. The highest BCUT2D eigenvalue weighted by Gasteiger charge is 2.14. The largest absolute Gasteiger partial charge is 0.399 e. The molecule has 23 heavy (non-hydrogen) atoms. The van der Waals surface area contributed by atoms with Gasteiger partial charge in [0.1, 0.15) is 0 Å². The van der Waals surface area contributed by atoms with Crippen LogP contribution in [-0.4, -0.2) is 17.1 Å². The van der Waals surface area contributed by atoms with Crippen LogP contribution in [0.25, 0.3) is 0 Å². The normalized spacial score (nSPS) is 11.6. The van der Waals surface area contributed by atoms with Crippen molar-refractivity contribution in [3.05, 3.63) is 48.5 Å². The monoisotopic (exact) mass is 329 g/mol. The number of hydrogen-bond acceptors (Lipinski definition) is 4. The Hall–Kier alpha value is -2.47. The fraction of sp³-hybridized carbons (Fsp3) is 0.176. The van der Waals surface area contributed by atoms with Crippen molar-refractivity contribution >= 4 is 40.6 Å². The summed E-state index contributed by atoms with van der Waals surface area (Å²) >= 11 is 1.47. The predicted octanol–water partition coefficient (Wildman–Crippen LogP) is 3.35. The van der Waals surface area contributed by atoms with E-state index in [9.17, 15) is 9.59 Å². The van der Waals surface area contributed by atoms with Gasteiger partial charge in [-0.15, -0.1) is 11.8 Å². The van der Waals surface area contributed by atoms with E-state index in [0.29, 0.717) is 17.1 Å². The third-order valence-corrected chi connectivity index (χ3v) is 4.15. The van der Waals surface area contributed by atoms with Gasteiger partial charge in [0.2, 0.25) is 11.8 Å². The maximum Gasteiger partial charge on any atom is 0.237 e. The molecule has 0 aliphatic heterocycles. The first kappa shape index (κ1) is 16.9. The number of rotatable bonds is 5. The van der Waals surface area contributed by atoms with Crippen LogP contribution < -0.4 is 16.4 Å². The third-order valence-electron chi connectivity index (χ3n) is 3.03. The van der Waals surface area contributed by atoms with Gasteiger partial charge in [-0.1, -0.05) is 0 Å². The van der Waals surface area contributed by atoms with Crippen molar-refractivity contribution in [1.82, 2.24) is 0 Å². The standard InChI is InChI=1S/C17H19N3O2S/c1-11(23-16-9-3-13(18)4-10-16)17(22)20-15-7-5-14(6-8-15)19-12(2)21/h3-11H,18H2,1-2H3,(H,19,21)(H,20,22). The molecule has 0 radical (unpaired) electrons. The highest BCUT2D eigenvalue weighted by molar-refractivity contribution is 8.00. The van der Waals surface area contributed by atoms with Gasteiger partial charge in [0.25, 0.3) is 0 Å². The Kier molecular flexibility index (Phi) is 5.65. The molecule has 0 aliphatic carbocycles. The lowest BCUT2D eigenvalue weighted by Crippen LogP contribution is -2.22. The van der Waals surface area contributed by atoms with Crippen LogP contribution in [-0.2, 0) is 9.59 Å². The van der Waals surface area contributed by atoms with Gasteiger partial charge in [0.15, 0.2) is 0 Å². The summed E-state index contributed by atoms with van der Waals surface area (Å²) in [5.74, 6) is -0.214. The van der Waals surface area contributed by atoms with Crippen LogP contribution in [0, 0.1) is 0 Å². The molecule has 0 heterocycles. The maximum atomic E-state index is 12.2. The second-order valence-electron chi connectivity index (χ2n) is 5.08. The Balaban J connectivity index is 1.92. The van der Waals surface area contributed by atoms with Crippen LogP contribution in [0.3, 0.4) is 0 Å². The van der Waals surface area contributed by atoms with Crippen LogP contribution >= 0.6 is 11.8 Å². The predicted molar refractivity (Wildman–Crippen MR) is 95.5 cm³/mol. The van der Waals surface area contributed by atoms with Crippen LogP contribution in [0.5, 0.6) is 0 Å². The molecule has 0 fully saturated rings. The number of benzene rings is 2. The zero-order chi connectivity index (χ0) is 16.8. The summed E-state index contributed by atoms with van der Waals surface area (Å²) in [6, 6.07) is 14.4. The average molecular weight is 329 g/mol. The molecule has 1 atom stereocenters. The first-order valence-electron chi connectivity index (χ1n) is 7.15. The Bertz CT molecular complexity index is 684. The number of hydrogen-bond donors (Lipinski definition) is 3. The lowest BCUT2D eigenvalue weighted by molar-refractivity contribution is -0.115. The lowest BCUT2D eigenvalue weighted by atomic mass is 10.2. The van der Waals surface area contributed by atoms with Crippen molar-refractivity contribution in [2.75, 3.05) is 16.4 Å². The molecule has 4 N–H and O–H groups in total. The van der Waals surface area contributed by atoms with Crippen molar-refractivity contribution in [3.63, 3.8) is 0 Å². The zero-order valence-electron chi connectivity index (χ0n) is 13.0. The molecule has 2 amide bonds. The van der Waals surface area contributed by atoms with Gasteiger partial charge in [-0.2, -0.15) is 0 Å². The number of carbonyl (C=O) groups is 2. The summed E-state index contributed by atoms with van der Waals surface area (Å²) in [7, 11) is 0.